The molecular formula is C21H27BrN4O4. The molecule has 30 heavy (non-hydrogen) atoms. The van der Waals surface area contributed by atoms with Crippen molar-refractivity contribution in [2.45, 2.75) is 51.0 Å². The van der Waals surface area contributed by atoms with Crippen LogP contribution in [0.5, 0.6) is 0 Å². The van der Waals surface area contributed by atoms with E-state index in [4.69, 9.17) is 0 Å². The summed E-state index contributed by atoms with van der Waals surface area (Å²) in [6.45, 7) is 1.79. The molecule has 0 aromatic heterocycles. The lowest BCUT2D eigenvalue weighted by Crippen LogP contribution is -2.48. The molecule has 162 valence electrons. The van der Waals surface area contributed by atoms with Gasteiger partial charge in [-0.15, -0.1) is 0 Å². The molecule has 1 saturated carbocycles. The number of benzene rings is 1. The smallest absolute Gasteiger partial charge is 0.325 e. The van der Waals surface area contributed by atoms with E-state index >= 15 is 0 Å². The number of nitrogens with zero attached hydrogens (tertiary/aromatic N) is 2. The summed E-state index contributed by atoms with van der Waals surface area (Å²) in [7, 11) is 1.53. The van der Waals surface area contributed by atoms with Crippen LogP contribution in [0.2, 0.25) is 0 Å². The Morgan fingerprint density at radius 2 is 1.93 bits per heavy atom. The van der Waals surface area contributed by atoms with Crippen LogP contribution >= 0.6 is 15.9 Å². The first kappa shape index (κ1) is 22.3. The molecular weight excluding hydrogens is 452 g/mol. The first-order valence-corrected chi connectivity index (χ1v) is 11.0. The number of hydrogen-bond acceptors (Lipinski definition) is 4. The zero-order chi connectivity index (χ0) is 21.9. The largest absolute Gasteiger partial charge is 0.336 e. The average Bonchev–Trinajstić information content (AvgIpc) is 2.92. The van der Waals surface area contributed by atoms with Gasteiger partial charge in [0, 0.05) is 30.2 Å². The monoisotopic (exact) mass is 478 g/mol. The van der Waals surface area contributed by atoms with Crippen molar-refractivity contribution in [1.82, 2.24) is 15.1 Å². The molecule has 9 heteroatoms. The molecule has 2 aliphatic rings. The van der Waals surface area contributed by atoms with Crippen LogP contribution in [0, 0.1) is 6.92 Å². The highest BCUT2D eigenvalue weighted by Crippen LogP contribution is 2.33. The third kappa shape index (κ3) is 4.83. The predicted octanol–water partition coefficient (Wildman–Crippen LogP) is 2.80. The fourth-order valence-corrected chi connectivity index (χ4v) is 4.51. The quantitative estimate of drug-likeness (QED) is 0.613. The van der Waals surface area contributed by atoms with E-state index in [1.54, 1.807) is 6.07 Å². The van der Waals surface area contributed by atoms with Gasteiger partial charge >= 0.3 is 6.03 Å². The third-order valence-corrected chi connectivity index (χ3v) is 6.26. The third-order valence-electron chi connectivity index (χ3n) is 5.77. The topological polar surface area (TPSA) is 98.8 Å². The Hall–Kier alpha value is -2.42. The maximum Gasteiger partial charge on any atom is 0.325 e. The lowest BCUT2D eigenvalue weighted by atomic mass is 9.82. The van der Waals surface area contributed by atoms with Gasteiger partial charge in [-0.1, -0.05) is 35.2 Å². The van der Waals surface area contributed by atoms with Gasteiger partial charge in [-0.2, -0.15) is 0 Å². The minimum Gasteiger partial charge on any atom is -0.336 e. The Morgan fingerprint density at radius 3 is 2.60 bits per heavy atom. The molecule has 5 amide bonds. The number of carbonyl (C=O) groups excluding carboxylic acids is 4. The summed E-state index contributed by atoms with van der Waals surface area (Å²) >= 11 is 3.38. The summed E-state index contributed by atoms with van der Waals surface area (Å²) in [5, 5.41) is 5.63. The second kappa shape index (κ2) is 9.16. The zero-order valence-electron chi connectivity index (χ0n) is 17.3. The van der Waals surface area contributed by atoms with Crippen LogP contribution in [0.3, 0.4) is 0 Å². The number of imide groups is 1. The maximum atomic E-state index is 12.8. The highest BCUT2D eigenvalue weighted by molar-refractivity contribution is 9.10. The number of amides is 5. The number of likely N-dealkylation sites (N-methyl/N-ethyl adjacent to an activating group) is 1. The van der Waals surface area contributed by atoms with Crippen molar-refractivity contribution in [2.75, 3.05) is 25.5 Å². The standard InChI is InChI=1S/C21H27BrN4O4/c1-14-12-15(22)6-7-16(14)23-17(27)13-25(2)18(28)8-11-26-19(29)21(24-20(26)30)9-4-3-5-10-21/h6-7,12H,3-5,8-11,13H2,1-2H3,(H,23,27)(H,24,30). The molecule has 1 aliphatic heterocycles. The predicted molar refractivity (Wildman–Crippen MR) is 116 cm³/mol. The van der Waals surface area contributed by atoms with Crippen molar-refractivity contribution >= 4 is 45.4 Å². The van der Waals surface area contributed by atoms with Crippen molar-refractivity contribution in [3.63, 3.8) is 0 Å². The molecule has 0 bridgehead atoms. The molecule has 0 radical (unpaired) electrons. The summed E-state index contributed by atoms with van der Waals surface area (Å²) in [6, 6.07) is 5.08. The molecule has 0 unspecified atom stereocenters. The fraction of sp³-hybridized carbons (Fsp3) is 0.524. The molecule has 8 nitrogen and oxygen atoms in total. The molecule has 2 N–H and O–H groups in total. The number of carbonyl (C=O) groups is 4. The molecule has 0 atom stereocenters. The van der Waals surface area contributed by atoms with Crippen molar-refractivity contribution in [2.24, 2.45) is 0 Å². The maximum absolute atomic E-state index is 12.8. The Bertz CT molecular complexity index is 867. The Morgan fingerprint density at radius 1 is 1.23 bits per heavy atom. The lowest BCUT2D eigenvalue weighted by molar-refractivity contribution is -0.135. The van der Waals surface area contributed by atoms with Gasteiger partial charge in [-0.3, -0.25) is 19.3 Å². The van der Waals surface area contributed by atoms with E-state index in [9.17, 15) is 19.2 Å². The first-order chi connectivity index (χ1) is 14.2. The number of hydrogen-bond donors (Lipinski definition) is 2. The Kier molecular flexibility index (Phi) is 6.80. The second-order valence-electron chi connectivity index (χ2n) is 8.04. The fourth-order valence-electron chi connectivity index (χ4n) is 4.03. The summed E-state index contributed by atoms with van der Waals surface area (Å²) in [6.07, 6.45) is 4.17. The number of rotatable bonds is 6. The van der Waals surface area contributed by atoms with E-state index in [1.165, 1.54) is 11.9 Å². The van der Waals surface area contributed by atoms with Gasteiger partial charge in [0.1, 0.15) is 5.54 Å². The molecule has 1 aromatic carbocycles. The van der Waals surface area contributed by atoms with E-state index in [0.717, 1.165) is 34.2 Å². The number of nitrogens with one attached hydrogen (secondary N) is 2. The van der Waals surface area contributed by atoms with Crippen LogP contribution in [-0.2, 0) is 14.4 Å². The van der Waals surface area contributed by atoms with E-state index in [0.29, 0.717) is 18.5 Å². The van der Waals surface area contributed by atoms with Crippen molar-refractivity contribution < 1.29 is 19.2 Å². The van der Waals surface area contributed by atoms with E-state index < -0.39 is 11.6 Å². The first-order valence-electron chi connectivity index (χ1n) is 10.2. The van der Waals surface area contributed by atoms with E-state index in [2.05, 4.69) is 26.6 Å². The molecule has 2 fully saturated rings. The van der Waals surface area contributed by atoms with Gasteiger partial charge in [0.15, 0.2) is 0 Å². The minimum absolute atomic E-state index is 0.0169. The summed E-state index contributed by atoms with van der Waals surface area (Å²) in [5.74, 6) is -0.846. The summed E-state index contributed by atoms with van der Waals surface area (Å²) in [4.78, 5) is 52.2. The molecule has 1 aliphatic carbocycles. The average molecular weight is 479 g/mol. The minimum atomic E-state index is -0.785. The van der Waals surface area contributed by atoms with Crippen molar-refractivity contribution in [3.05, 3.63) is 28.2 Å². The SMILES string of the molecule is Cc1cc(Br)ccc1NC(=O)CN(C)C(=O)CCN1C(=O)NC2(CCCCC2)C1=O. The molecule has 3 rings (SSSR count). The second-order valence-corrected chi connectivity index (χ2v) is 8.95. The van der Waals surface area contributed by atoms with Crippen LogP contribution in [-0.4, -0.2) is 59.2 Å². The van der Waals surface area contributed by atoms with Crippen LogP contribution in [0.15, 0.2) is 22.7 Å². The van der Waals surface area contributed by atoms with Gasteiger partial charge in [-0.05, 0) is 43.5 Å². The van der Waals surface area contributed by atoms with Crippen molar-refractivity contribution in [1.29, 1.82) is 0 Å². The van der Waals surface area contributed by atoms with E-state index in [1.807, 2.05) is 19.1 Å². The number of halogens is 1. The highest BCUT2D eigenvalue weighted by atomic mass is 79.9. The molecule has 1 spiro atoms. The van der Waals surface area contributed by atoms with Crippen molar-refractivity contribution in [3.8, 4) is 0 Å². The van der Waals surface area contributed by atoms with Crippen LogP contribution in [0.1, 0.15) is 44.1 Å². The lowest BCUT2D eigenvalue weighted by Gasteiger charge is -2.30. The Balaban J connectivity index is 1.50. The van der Waals surface area contributed by atoms with Gasteiger partial charge in [0.2, 0.25) is 11.8 Å². The number of urea groups is 1. The summed E-state index contributed by atoms with van der Waals surface area (Å²) < 4.78 is 0.917. The zero-order valence-corrected chi connectivity index (χ0v) is 18.9. The van der Waals surface area contributed by atoms with Crippen LogP contribution < -0.4 is 10.6 Å². The number of aryl methyl sites for hydroxylation is 1. The van der Waals surface area contributed by atoms with Crippen LogP contribution in [0.25, 0.3) is 0 Å². The Labute approximate surface area is 184 Å². The summed E-state index contributed by atoms with van der Waals surface area (Å²) in [5.41, 5.74) is 0.801. The highest BCUT2D eigenvalue weighted by Gasteiger charge is 2.51. The number of anilines is 1. The van der Waals surface area contributed by atoms with E-state index in [-0.39, 0.29) is 37.2 Å². The molecule has 1 aromatic rings. The van der Waals surface area contributed by atoms with Crippen LogP contribution in [0.4, 0.5) is 10.5 Å². The normalized spacial score (nSPS) is 17.8. The van der Waals surface area contributed by atoms with Gasteiger partial charge in [0.05, 0.1) is 6.54 Å². The van der Waals surface area contributed by atoms with Gasteiger partial charge in [0.25, 0.3) is 5.91 Å². The molecule has 1 heterocycles. The van der Waals surface area contributed by atoms with Gasteiger partial charge in [-0.25, -0.2) is 4.79 Å². The van der Waals surface area contributed by atoms with Gasteiger partial charge < -0.3 is 15.5 Å². The molecule has 1 saturated heterocycles.